The Morgan fingerprint density at radius 3 is 2.48 bits per heavy atom. The summed E-state index contributed by atoms with van der Waals surface area (Å²) in [6.45, 7) is 9.06. The van der Waals surface area contributed by atoms with Gasteiger partial charge in [0, 0.05) is 30.4 Å². The van der Waals surface area contributed by atoms with Crippen LogP contribution >= 0.6 is 0 Å². The van der Waals surface area contributed by atoms with Crippen LogP contribution in [-0.4, -0.2) is 40.8 Å². The van der Waals surface area contributed by atoms with Crippen LogP contribution in [0.3, 0.4) is 0 Å². The van der Waals surface area contributed by atoms with Crippen LogP contribution in [0.1, 0.15) is 55.5 Å². The summed E-state index contributed by atoms with van der Waals surface area (Å²) in [5.41, 5.74) is 3.70. The zero-order valence-electron chi connectivity index (χ0n) is 13.6. The van der Waals surface area contributed by atoms with Crippen molar-refractivity contribution in [1.29, 1.82) is 0 Å². The van der Waals surface area contributed by atoms with Gasteiger partial charge in [-0.25, -0.2) is 0 Å². The molecule has 0 amide bonds. The van der Waals surface area contributed by atoms with Crippen molar-refractivity contribution in [2.45, 2.75) is 65.0 Å². The first-order chi connectivity index (χ1) is 10.2. The molecule has 1 aliphatic carbocycles. The molecule has 3 rings (SSSR count). The molecule has 0 bridgehead atoms. The number of rotatable bonds is 5. The van der Waals surface area contributed by atoms with E-state index < -0.39 is 0 Å². The van der Waals surface area contributed by atoms with Crippen LogP contribution in [0.25, 0.3) is 0 Å². The van der Waals surface area contributed by atoms with E-state index >= 15 is 0 Å². The molecule has 21 heavy (non-hydrogen) atoms. The normalized spacial score (nSPS) is 22.2. The molecule has 2 fully saturated rings. The maximum Gasteiger partial charge on any atom is 0.0638 e. The van der Waals surface area contributed by atoms with Gasteiger partial charge in [0.05, 0.1) is 5.69 Å². The van der Waals surface area contributed by atoms with Crippen LogP contribution < -0.4 is 5.32 Å². The van der Waals surface area contributed by atoms with Crippen LogP contribution in [0.5, 0.6) is 0 Å². The molecule has 2 N–H and O–H groups in total. The molecule has 1 saturated heterocycles. The van der Waals surface area contributed by atoms with E-state index in [1.165, 1.54) is 69.4 Å². The fourth-order valence-corrected chi connectivity index (χ4v) is 3.96. The van der Waals surface area contributed by atoms with Gasteiger partial charge in [-0.05, 0) is 58.5 Å². The summed E-state index contributed by atoms with van der Waals surface area (Å²) in [6, 6.07) is 0.679. The fraction of sp³-hybridized carbons (Fsp3) is 0.824. The van der Waals surface area contributed by atoms with E-state index in [-0.39, 0.29) is 0 Å². The smallest absolute Gasteiger partial charge is 0.0638 e. The molecular weight excluding hydrogens is 260 g/mol. The molecule has 4 nitrogen and oxygen atoms in total. The molecule has 0 spiro atoms. The largest absolute Gasteiger partial charge is 0.310 e. The first kappa shape index (κ1) is 15.0. The lowest BCUT2D eigenvalue weighted by molar-refractivity contribution is 0.172. The molecule has 1 aromatic heterocycles. The zero-order chi connectivity index (χ0) is 14.7. The highest BCUT2D eigenvalue weighted by molar-refractivity contribution is 5.22. The number of hydrogen-bond acceptors (Lipinski definition) is 3. The topological polar surface area (TPSA) is 44.0 Å². The van der Waals surface area contributed by atoms with Gasteiger partial charge in [0.15, 0.2) is 0 Å². The molecule has 0 unspecified atom stereocenters. The van der Waals surface area contributed by atoms with Crippen LogP contribution in [0.4, 0.5) is 0 Å². The van der Waals surface area contributed by atoms with Crippen LogP contribution in [0.2, 0.25) is 0 Å². The van der Waals surface area contributed by atoms with Crippen LogP contribution in [-0.2, 0) is 6.54 Å². The van der Waals surface area contributed by atoms with Crippen molar-refractivity contribution < 1.29 is 0 Å². The van der Waals surface area contributed by atoms with E-state index in [1.807, 2.05) is 0 Å². The highest BCUT2D eigenvalue weighted by Crippen LogP contribution is 2.26. The highest BCUT2D eigenvalue weighted by atomic mass is 15.1. The summed E-state index contributed by atoms with van der Waals surface area (Å²) >= 11 is 0. The van der Waals surface area contributed by atoms with E-state index in [9.17, 15) is 0 Å². The Morgan fingerprint density at radius 2 is 1.86 bits per heavy atom. The SMILES string of the molecule is Cc1n[nH]c(C)c1CNC1CCN(CC2CCCC2)CC1. The predicted molar refractivity (Wildman–Crippen MR) is 86.3 cm³/mol. The molecule has 0 atom stereocenters. The molecule has 1 saturated carbocycles. The second-order valence-electron chi connectivity index (χ2n) is 7.02. The standard InChI is InChI=1S/C17H30N4/c1-13-17(14(2)20-19-13)11-18-16-7-9-21(10-8-16)12-15-5-3-4-6-15/h15-16,18H,3-12H2,1-2H3,(H,19,20). The van der Waals surface area contributed by atoms with Crippen molar-refractivity contribution in [3.63, 3.8) is 0 Å². The number of nitrogens with zero attached hydrogens (tertiary/aromatic N) is 2. The summed E-state index contributed by atoms with van der Waals surface area (Å²) in [5.74, 6) is 0.991. The minimum absolute atomic E-state index is 0.679. The van der Waals surface area contributed by atoms with Gasteiger partial charge in [-0.1, -0.05) is 12.8 Å². The van der Waals surface area contributed by atoms with E-state index in [0.717, 1.165) is 18.2 Å². The molecule has 2 heterocycles. The van der Waals surface area contributed by atoms with Gasteiger partial charge in [-0.15, -0.1) is 0 Å². The van der Waals surface area contributed by atoms with Crippen molar-refractivity contribution in [3.8, 4) is 0 Å². The molecule has 4 heteroatoms. The van der Waals surface area contributed by atoms with E-state index in [2.05, 4.69) is 34.3 Å². The molecule has 1 aliphatic heterocycles. The monoisotopic (exact) mass is 290 g/mol. The van der Waals surface area contributed by atoms with Gasteiger partial charge in [0.25, 0.3) is 0 Å². The number of piperidine rings is 1. The molecular formula is C17H30N4. The van der Waals surface area contributed by atoms with Crippen molar-refractivity contribution >= 4 is 0 Å². The first-order valence-electron chi connectivity index (χ1n) is 8.68. The second kappa shape index (κ2) is 6.93. The highest BCUT2D eigenvalue weighted by Gasteiger charge is 2.23. The predicted octanol–water partition coefficient (Wildman–Crippen LogP) is 2.77. The van der Waals surface area contributed by atoms with Crippen molar-refractivity contribution in [3.05, 3.63) is 17.0 Å². The molecule has 1 aromatic rings. The zero-order valence-corrected chi connectivity index (χ0v) is 13.6. The van der Waals surface area contributed by atoms with Gasteiger partial charge in [0.2, 0.25) is 0 Å². The molecule has 2 aliphatic rings. The number of aryl methyl sites for hydroxylation is 2. The summed E-state index contributed by atoms with van der Waals surface area (Å²) in [4.78, 5) is 2.70. The van der Waals surface area contributed by atoms with Gasteiger partial charge >= 0.3 is 0 Å². The lowest BCUT2D eigenvalue weighted by Crippen LogP contribution is -2.43. The number of hydrogen-bond donors (Lipinski definition) is 2. The Labute approximate surface area is 128 Å². The van der Waals surface area contributed by atoms with Crippen molar-refractivity contribution in [2.75, 3.05) is 19.6 Å². The third kappa shape index (κ3) is 3.86. The maximum atomic E-state index is 4.28. The van der Waals surface area contributed by atoms with Gasteiger partial charge in [-0.2, -0.15) is 5.10 Å². The van der Waals surface area contributed by atoms with Gasteiger partial charge < -0.3 is 10.2 Å². The summed E-state index contributed by atoms with van der Waals surface area (Å²) < 4.78 is 0. The van der Waals surface area contributed by atoms with Crippen molar-refractivity contribution in [2.24, 2.45) is 5.92 Å². The van der Waals surface area contributed by atoms with Crippen LogP contribution in [0.15, 0.2) is 0 Å². The summed E-state index contributed by atoms with van der Waals surface area (Å²) in [7, 11) is 0. The molecule has 118 valence electrons. The average Bonchev–Trinajstić information content (AvgIpc) is 3.10. The number of likely N-dealkylation sites (tertiary alicyclic amines) is 1. The Hall–Kier alpha value is -0.870. The van der Waals surface area contributed by atoms with Crippen LogP contribution in [0, 0.1) is 19.8 Å². The summed E-state index contributed by atoms with van der Waals surface area (Å²) in [5, 5.41) is 11.1. The third-order valence-corrected chi connectivity index (χ3v) is 5.43. The Morgan fingerprint density at radius 1 is 1.14 bits per heavy atom. The minimum atomic E-state index is 0.679. The molecule has 0 radical (unpaired) electrons. The first-order valence-corrected chi connectivity index (χ1v) is 8.68. The van der Waals surface area contributed by atoms with E-state index in [0.29, 0.717) is 6.04 Å². The average molecular weight is 290 g/mol. The van der Waals surface area contributed by atoms with E-state index in [4.69, 9.17) is 0 Å². The Balaban J connectivity index is 1.39. The van der Waals surface area contributed by atoms with Gasteiger partial charge in [0.1, 0.15) is 0 Å². The Bertz CT molecular complexity index is 420. The maximum absolute atomic E-state index is 4.28. The molecule has 0 aromatic carbocycles. The number of aromatic nitrogens is 2. The lowest BCUT2D eigenvalue weighted by atomic mass is 10.0. The second-order valence-corrected chi connectivity index (χ2v) is 7.02. The Kier molecular flexibility index (Phi) is 4.96. The minimum Gasteiger partial charge on any atom is -0.310 e. The third-order valence-electron chi connectivity index (χ3n) is 5.43. The summed E-state index contributed by atoms with van der Waals surface area (Å²) in [6.07, 6.45) is 8.46. The fourth-order valence-electron chi connectivity index (χ4n) is 3.96. The number of aromatic amines is 1. The van der Waals surface area contributed by atoms with Crippen molar-refractivity contribution in [1.82, 2.24) is 20.4 Å². The van der Waals surface area contributed by atoms with E-state index in [1.54, 1.807) is 0 Å². The van der Waals surface area contributed by atoms with Gasteiger partial charge in [-0.3, -0.25) is 5.10 Å². The number of nitrogens with one attached hydrogen (secondary N) is 2. The lowest BCUT2D eigenvalue weighted by Gasteiger charge is -2.34. The number of H-pyrrole nitrogens is 1. The quantitative estimate of drug-likeness (QED) is 0.876.